The molecule has 5 nitrogen and oxygen atoms in total. The first-order chi connectivity index (χ1) is 6.74. The van der Waals surface area contributed by atoms with Crippen LogP contribution in [0.25, 0.3) is 0 Å². The van der Waals surface area contributed by atoms with E-state index in [-0.39, 0.29) is 0 Å². The molecule has 0 spiro atoms. The van der Waals surface area contributed by atoms with Gasteiger partial charge in [0.2, 0.25) is 0 Å². The molecule has 1 saturated heterocycles. The molecule has 15 heavy (non-hydrogen) atoms. The number of rotatable bonds is 2. The fraction of sp³-hybridized carbons (Fsp3) is 0.556. The van der Waals surface area contributed by atoms with E-state index in [1.54, 1.807) is 17.4 Å². The van der Waals surface area contributed by atoms with Gasteiger partial charge in [0.25, 0.3) is 0 Å². The first-order valence-electron chi connectivity index (χ1n) is 4.58. The van der Waals surface area contributed by atoms with E-state index in [1.807, 2.05) is 6.41 Å². The van der Waals surface area contributed by atoms with Crippen LogP contribution >= 0.6 is 0 Å². The molecular formula is C9H12FmN3O2-. The summed E-state index contributed by atoms with van der Waals surface area (Å²) in [4.78, 5) is 18.7. The second-order valence-electron chi connectivity index (χ2n) is 3.58. The van der Waals surface area contributed by atoms with Crippen LogP contribution in [-0.4, -0.2) is 39.5 Å². The van der Waals surface area contributed by atoms with Crippen LogP contribution in [0.4, 0.5) is 0 Å². The number of nitrogens with zero attached hydrogens (tertiary/aromatic N) is 2. The molecule has 0 radical (unpaired) electrons. The van der Waals surface area contributed by atoms with Crippen LogP contribution in [0.2, 0.25) is 0 Å². The van der Waals surface area contributed by atoms with Crippen LogP contribution in [0, 0.1) is 0 Å². The molecule has 88 valence electrons. The first-order valence-corrected chi connectivity index (χ1v) is 4.58. The molecule has 0 aliphatic carbocycles. The van der Waals surface area contributed by atoms with Gasteiger partial charge in [0.15, 0.2) is 0 Å². The van der Waals surface area contributed by atoms with Crippen LogP contribution < -0.4 is 0 Å². The van der Waals surface area contributed by atoms with Crippen molar-refractivity contribution < 1.29 is 9.90 Å². The Balaban J connectivity index is 0.00000112. The van der Waals surface area contributed by atoms with Gasteiger partial charge in [0, 0.05) is 0 Å². The number of aliphatic hydroxyl groups is 1. The molecular weight excluding hydrogens is 439 g/mol. The number of H-pyrrole nitrogens is 1. The summed E-state index contributed by atoms with van der Waals surface area (Å²) in [5, 5.41) is 10.2. The Labute approximate surface area is 81.8 Å². The molecule has 1 fully saturated rings. The standard InChI is InChI=1S/C9H12N3O2.Fm/c13-7-12-3-1-9(14,2-4-12)8-5-10-6-11-8;/h5-6,14H,1-4H2,(H,10,11);/q-1;. The monoisotopic (exact) mass is 451 g/mol. The summed E-state index contributed by atoms with van der Waals surface area (Å²) in [6.45, 7) is 1.08. The number of carbonyl (C=O) groups excluding carboxylic acids is 1. The number of aromatic amines is 1. The van der Waals surface area contributed by atoms with Crippen molar-refractivity contribution in [2.24, 2.45) is 0 Å². The van der Waals surface area contributed by atoms with Crippen LogP contribution in [-0.2, 0) is 10.4 Å². The number of imidazole rings is 1. The number of likely N-dealkylation sites (tertiary alicyclic amines) is 1. The Kier molecular flexibility index (Phi) is 2.71. The molecule has 1 aromatic rings. The smallest absolute Gasteiger partial charge is 0.109 e. The Hall–Kier alpha value is -2.36. The van der Waals surface area contributed by atoms with Gasteiger partial charge in [-0.2, -0.15) is 6.41 Å². The molecule has 1 aliphatic heterocycles. The van der Waals surface area contributed by atoms with Gasteiger partial charge >= 0.3 is 0 Å². The van der Waals surface area contributed by atoms with Crippen molar-refractivity contribution in [2.45, 2.75) is 18.4 Å². The van der Waals surface area contributed by atoms with E-state index in [0.29, 0.717) is 25.9 Å². The Bertz CT molecular complexity index is 307. The second kappa shape index (κ2) is 3.79. The van der Waals surface area contributed by atoms with Gasteiger partial charge in [-0.1, -0.05) is 0 Å². The minimum atomic E-state index is -0.857. The zero-order valence-electron chi connectivity index (χ0n) is 8.02. The van der Waals surface area contributed by atoms with Crippen molar-refractivity contribution in [2.75, 3.05) is 13.1 Å². The minimum absolute atomic E-state index is 0. The van der Waals surface area contributed by atoms with E-state index in [1.165, 1.54) is 0 Å². The maximum absolute atomic E-state index is 10.4. The summed E-state index contributed by atoms with van der Waals surface area (Å²) in [6.07, 6.45) is 6.07. The molecule has 2 N–H and O–H groups in total. The van der Waals surface area contributed by atoms with Gasteiger partial charge in [0.1, 0.15) is 5.60 Å². The van der Waals surface area contributed by atoms with Gasteiger partial charge in [0.05, 0.1) is 18.2 Å². The third-order valence-corrected chi connectivity index (χ3v) is 2.72. The molecule has 0 bridgehead atoms. The normalized spacial score (nSPS) is 19.4. The largest absolute Gasteiger partial charge is 0.520 e. The van der Waals surface area contributed by atoms with Gasteiger partial charge in [-0.15, -0.1) is 0 Å². The van der Waals surface area contributed by atoms with E-state index < -0.39 is 5.60 Å². The quantitative estimate of drug-likeness (QED) is 0.611. The number of hydrogen-bond donors (Lipinski definition) is 2. The summed E-state index contributed by atoms with van der Waals surface area (Å²) >= 11 is 0. The van der Waals surface area contributed by atoms with E-state index >= 15 is 0 Å². The van der Waals surface area contributed by atoms with Gasteiger partial charge in [-0.05, 0) is 25.9 Å². The van der Waals surface area contributed by atoms with Crippen molar-refractivity contribution in [1.82, 2.24) is 14.9 Å². The number of hydrogen-bond acceptors (Lipinski definition) is 3. The fourth-order valence-corrected chi connectivity index (χ4v) is 1.75. The second-order valence-corrected chi connectivity index (χ2v) is 3.58. The maximum Gasteiger partial charge on any atom is 0.109 e. The van der Waals surface area contributed by atoms with E-state index in [4.69, 9.17) is 0 Å². The van der Waals surface area contributed by atoms with Gasteiger partial charge < -0.3 is 19.8 Å². The Morgan fingerprint density at radius 1 is 1.53 bits per heavy atom. The average molecular weight is 451 g/mol. The molecule has 1 amide bonds. The number of amides is 1. The zero-order chi connectivity index (χ0) is 10.0. The summed E-state index contributed by atoms with van der Waals surface area (Å²) in [5.74, 6) is 0. The number of piperidine rings is 1. The third kappa shape index (κ3) is 1.78. The SMILES string of the molecule is O=[C-]N1CCC(O)(c2cnc[nH]2)CC1.[Fm]. The van der Waals surface area contributed by atoms with E-state index in [9.17, 15) is 9.90 Å². The van der Waals surface area contributed by atoms with E-state index in [0.717, 1.165) is 5.69 Å². The molecule has 1 aliphatic rings. The zero-order valence-corrected chi connectivity index (χ0v) is 10.4. The Morgan fingerprint density at radius 3 is 2.67 bits per heavy atom. The molecule has 0 aromatic carbocycles. The molecule has 1 aromatic heterocycles. The predicted octanol–water partition coefficient (Wildman–Crippen LogP) is -0.240. The maximum atomic E-state index is 10.4. The molecule has 0 saturated carbocycles. The molecule has 2 heterocycles. The van der Waals surface area contributed by atoms with Crippen LogP contribution in [0.15, 0.2) is 12.5 Å². The van der Waals surface area contributed by atoms with Crippen molar-refractivity contribution in [3.05, 3.63) is 18.2 Å². The minimum Gasteiger partial charge on any atom is -0.520 e. The van der Waals surface area contributed by atoms with Crippen molar-refractivity contribution in [3.63, 3.8) is 0 Å². The summed E-state index contributed by atoms with van der Waals surface area (Å²) in [6, 6.07) is 0. The molecule has 2 rings (SSSR count). The molecule has 0 atom stereocenters. The number of aromatic nitrogens is 2. The van der Waals surface area contributed by atoms with Crippen LogP contribution in [0.5, 0.6) is 0 Å². The summed E-state index contributed by atoms with van der Waals surface area (Å²) in [7, 11) is 0. The van der Waals surface area contributed by atoms with Crippen LogP contribution in [0.3, 0.4) is 0 Å². The fourth-order valence-electron chi connectivity index (χ4n) is 1.75. The molecule has 0 unspecified atom stereocenters. The first kappa shape index (κ1) is 10.7. The Morgan fingerprint density at radius 2 is 2.20 bits per heavy atom. The average Bonchev–Trinajstić information content (AvgIpc) is 2.72. The predicted molar refractivity (Wildman–Crippen MR) is 49.0 cm³/mol. The summed E-state index contributed by atoms with van der Waals surface area (Å²) in [5.41, 5.74) is -0.132. The van der Waals surface area contributed by atoms with Crippen molar-refractivity contribution >= 4 is 6.41 Å². The van der Waals surface area contributed by atoms with E-state index in [2.05, 4.69) is 9.97 Å². The summed E-state index contributed by atoms with van der Waals surface area (Å²) < 4.78 is 0. The van der Waals surface area contributed by atoms with Crippen LogP contribution in [0.1, 0.15) is 18.5 Å². The molecule has 6 heteroatoms. The van der Waals surface area contributed by atoms with Gasteiger partial charge in [-0.25, -0.2) is 4.98 Å². The topological polar surface area (TPSA) is 69.2 Å². The number of nitrogens with one attached hydrogen (secondary N) is 1. The van der Waals surface area contributed by atoms with Crippen molar-refractivity contribution in [1.29, 1.82) is 0 Å². The van der Waals surface area contributed by atoms with Crippen molar-refractivity contribution in [3.8, 4) is 0 Å². The van der Waals surface area contributed by atoms with Gasteiger partial charge in [-0.3, -0.25) is 0 Å². The third-order valence-electron chi connectivity index (χ3n) is 2.72.